The van der Waals surface area contributed by atoms with E-state index in [1.54, 1.807) is 19.1 Å². The van der Waals surface area contributed by atoms with Gasteiger partial charge in [-0.05, 0) is 24.1 Å². The molecule has 0 spiro atoms. The predicted octanol–water partition coefficient (Wildman–Crippen LogP) is 1.83. The Balaban J connectivity index is 2.42. The van der Waals surface area contributed by atoms with E-state index in [2.05, 4.69) is 0 Å². The highest BCUT2D eigenvalue weighted by Gasteiger charge is 2.18. The van der Waals surface area contributed by atoms with Gasteiger partial charge in [0.1, 0.15) is 13.2 Å². The Morgan fingerprint density at radius 1 is 1.31 bits per heavy atom. The third-order valence-corrected chi connectivity index (χ3v) is 3.38. The topological polar surface area (TPSA) is 52.6 Å². The zero-order valence-corrected chi connectivity index (χ0v) is 10.3. The second-order valence-corrected chi connectivity index (χ2v) is 6.33. The van der Waals surface area contributed by atoms with Crippen molar-refractivity contribution in [2.45, 2.75) is 12.7 Å². The summed E-state index contributed by atoms with van der Waals surface area (Å²) in [6.45, 7) is 2.79. The van der Waals surface area contributed by atoms with E-state index in [0.717, 1.165) is 5.56 Å². The first-order valence-electron chi connectivity index (χ1n) is 4.78. The highest BCUT2D eigenvalue weighted by molar-refractivity contribution is 8.13. The van der Waals surface area contributed by atoms with Gasteiger partial charge in [0.05, 0.1) is 5.75 Å². The van der Waals surface area contributed by atoms with E-state index >= 15 is 0 Å². The van der Waals surface area contributed by atoms with E-state index in [9.17, 15) is 8.42 Å². The number of hydrogen-bond donors (Lipinski definition) is 0. The van der Waals surface area contributed by atoms with Gasteiger partial charge in [-0.2, -0.15) is 0 Å². The van der Waals surface area contributed by atoms with Gasteiger partial charge in [-0.25, -0.2) is 8.42 Å². The minimum absolute atomic E-state index is 0.197. The Labute approximate surface area is 98.5 Å². The first-order valence-corrected chi connectivity index (χ1v) is 7.25. The Bertz CT molecular complexity index is 510. The lowest BCUT2D eigenvalue weighted by atomic mass is 10.1. The lowest BCUT2D eigenvalue weighted by Gasteiger charge is -2.21. The van der Waals surface area contributed by atoms with Gasteiger partial charge < -0.3 is 9.47 Å². The molecular formula is C10H11ClO4S. The Hall–Kier alpha value is -0.940. The van der Waals surface area contributed by atoms with Gasteiger partial charge in [0.25, 0.3) is 0 Å². The Morgan fingerprint density at radius 2 is 2.00 bits per heavy atom. The van der Waals surface area contributed by atoms with E-state index in [1.807, 2.05) is 0 Å². The maximum Gasteiger partial charge on any atom is 0.236 e. The summed E-state index contributed by atoms with van der Waals surface area (Å²) in [5, 5.41) is 0. The molecule has 4 nitrogen and oxygen atoms in total. The predicted molar refractivity (Wildman–Crippen MR) is 60.6 cm³/mol. The quantitative estimate of drug-likeness (QED) is 0.763. The van der Waals surface area contributed by atoms with Crippen LogP contribution in [-0.2, 0) is 14.8 Å². The number of benzene rings is 1. The maximum atomic E-state index is 11.0. The molecule has 1 aromatic rings. The van der Waals surface area contributed by atoms with Gasteiger partial charge in [0.15, 0.2) is 11.5 Å². The number of rotatable bonds is 2. The minimum Gasteiger partial charge on any atom is -0.486 e. The van der Waals surface area contributed by atoms with Crippen molar-refractivity contribution in [3.05, 3.63) is 23.3 Å². The van der Waals surface area contributed by atoms with Crippen molar-refractivity contribution in [3.63, 3.8) is 0 Å². The molecule has 0 N–H and O–H groups in total. The number of halogens is 1. The fraction of sp³-hybridized carbons (Fsp3) is 0.400. The summed E-state index contributed by atoms with van der Waals surface area (Å²) >= 11 is 0. The van der Waals surface area contributed by atoms with Crippen LogP contribution < -0.4 is 9.47 Å². The summed E-state index contributed by atoms with van der Waals surface area (Å²) < 4.78 is 32.9. The Morgan fingerprint density at radius 3 is 2.69 bits per heavy atom. The molecule has 1 heterocycles. The lowest BCUT2D eigenvalue weighted by molar-refractivity contribution is 0.170. The van der Waals surface area contributed by atoms with Crippen LogP contribution in [-0.4, -0.2) is 21.6 Å². The van der Waals surface area contributed by atoms with Gasteiger partial charge in [-0.1, -0.05) is 6.07 Å². The van der Waals surface area contributed by atoms with Crippen molar-refractivity contribution in [3.8, 4) is 11.5 Å². The molecule has 0 saturated heterocycles. The van der Waals surface area contributed by atoms with E-state index < -0.39 is 9.05 Å². The number of ether oxygens (including phenoxy) is 2. The molecule has 0 radical (unpaired) electrons. The molecule has 0 aromatic heterocycles. The van der Waals surface area contributed by atoms with Crippen LogP contribution in [0.3, 0.4) is 0 Å². The van der Waals surface area contributed by atoms with Crippen LogP contribution >= 0.6 is 10.7 Å². The van der Waals surface area contributed by atoms with E-state index in [0.29, 0.717) is 30.3 Å². The monoisotopic (exact) mass is 262 g/mol. The molecule has 0 unspecified atom stereocenters. The smallest absolute Gasteiger partial charge is 0.236 e. The molecule has 6 heteroatoms. The molecule has 0 fully saturated rings. The van der Waals surface area contributed by atoms with Crippen LogP contribution in [0.15, 0.2) is 12.1 Å². The summed E-state index contributed by atoms with van der Waals surface area (Å²) in [6, 6.07) is 3.40. The normalized spacial score (nSPS) is 14.9. The zero-order chi connectivity index (χ0) is 11.8. The van der Waals surface area contributed by atoms with Crippen LogP contribution in [0.1, 0.15) is 11.1 Å². The fourth-order valence-corrected chi connectivity index (χ4v) is 2.67. The van der Waals surface area contributed by atoms with Crippen LogP contribution in [0, 0.1) is 6.92 Å². The molecule has 16 heavy (non-hydrogen) atoms. The van der Waals surface area contributed by atoms with Crippen molar-refractivity contribution >= 4 is 19.7 Å². The molecule has 1 aromatic carbocycles. The highest BCUT2D eigenvalue weighted by atomic mass is 35.7. The van der Waals surface area contributed by atoms with E-state index in [1.165, 1.54) is 0 Å². The van der Waals surface area contributed by atoms with Gasteiger partial charge in [-0.3, -0.25) is 0 Å². The van der Waals surface area contributed by atoms with Gasteiger partial charge >= 0.3 is 0 Å². The summed E-state index contributed by atoms with van der Waals surface area (Å²) in [5.41, 5.74) is 1.40. The number of hydrogen-bond acceptors (Lipinski definition) is 4. The highest BCUT2D eigenvalue weighted by Crippen LogP contribution is 2.36. The molecule has 1 aliphatic rings. The standard InChI is InChI=1S/C10H11ClO4S/c1-7-8(6-16(11,12)13)2-3-9-10(7)15-5-4-14-9/h2-3H,4-6H2,1H3. The molecule has 0 amide bonds. The third kappa shape index (κ3) is 2.41. The fourth-order valence-electron chi connectivity index (χ4n) is 1.64. The summed E-state index contributed by atoms with van der Waals surface area (Å²) in [6.07, 6.45) is 0. The van der Waals surface area contributed by atoms with Crippen LogP contribution in [0.25, 0.3) is 0 Å². The average molecular weight is 263 g/mol. The first kappa shape index (κ1) is 11.5. The second kappa shape index (κ2) is 4.14. The minimum atomic E-state index is -3.55. The zero-order valence-electron chi connectivity index (χ0n) is 8.70. The molecule has 0 aliphatic carbocycles. The van der Waals surface area contributed by atoms with Crippen molar-refractivity contribution in [2.24, 2.45) is 0 Å². The second-order valence-electron chi connectivity index (χ2n) is 3.56. The number of fused-ring (bicyclic) bond motifs is 1. The molecule has 88 valence electrons. The molecule has 1 aliphatic heterocycles. The Kier molecular flexibility index (Phi) is 2.99. The lowest BCUT2D eigenvalue weighted by Crippen LogP contribution is -2.16. The van der Waals surface area contributed by atoms with Crippen LogP contribution in [0.4, 0.5) is 0 Å². The van der Waals surface area contributed by atoms with E-state index in [-0.39, 0.29) is 5.75 Å². The van der Waals surface area contributed by atoms with Crippen molar-refractivity contribution in [1.29, 1.82) is 0 Å². The molecular weight excluding hydrogens is 252 g/mol. The van der Waals surface area contributed by atoms with Gasteiger partial charge in [0, 0.05) is 10.7 Å². The molecule has 0 atom stereocenters. The SMILES string of the molecule is Cc1c(CS(=O)(=O)Cl)ccc2c1OCCO2. The van der Waals surface area contributed by atoms with Crippen LogP contribution in [0.5, 0.6) is 11.5 Å². The molecule has 0 saturated carbocycles. The largest absolute Gasteiger partial charge is 0.486 e. The maximum absolute atomic E-state index is 11.0. The third-order valence-electron chi connectivity index (χ3n) is 2.40. The van der Waals surface area contributed by atoms with E-state index in [4.69, 9.17) is 20.2 Å². The van der Waals surface area contributed by atoms with Crippen molar-refractivity contribution in [2.75, 3.05) is 13.2 Å². The summed E-state index contributed by atoms with van der Waals surface area (Å²) in [5.74, 6) is 1.07. The summed E-state index contributed by atoms with van der Waals surface area (Å²) in [4.78, 5) is 0. The average Bonchev–Trinajstić information content (AvgIpc) is 2.21. The van der Waals surface area contributed by atoms with Gasteiger partial charge in [-0.15, -0.1) is 0 Å². The van der Waals surface area contributed by atoms with Gasteiger partial charge in [0.2, 0.25) is 9.05 Å². The van der Waals surface area contributed by atoms with Crippen LogP contribution in [0.2, 0.25) is 0 Å². The molecule has 2 rings (SSSR count). The first-order chi connectivity index (χ1) is 7.47. The summed E-state index contributed by atoms with van der Waals surface area (Å²) in [7, 11) is 1.67. The van der Waals surface area contributed by atoms with Crippen molar-refractivity contribution < 1.29 is 17.9 Å². The molecule has 0 bridgehead atoms. The van der Waals surface area contributed by atoms with Crippen molar-refractivity contribution in [1.82, 2.24) is 0 Å².